The zero-order chi connectivity index (χ0) is 14.7. The van der Waals surface area contributed by atoms with Crippen LogP contribution >= 0.6 is 0 Å². The number of hydrogen-bond acceptors (Lipinski definition) is 3. The van der Waals surface area contributed by atoms with Gasteiger partial charge in [0.1, 0.15) is 5.78 Å². The predicted molar refractivity (Wildman–Crippen MR) is 81.7 cm³/mol. The van der Waals surface area contributed by atoms with E-state index in [9.17, 15) is 9.59 Å². The Morgan fingerprint density at radius 3 is 1.84 bits per heavy atom. The van der Waals surface area contributed by atoms with Crippen LogP contribution < -0.4 is 0 Å². The van der Waals surface area contributed by atoms with Crippen LogP contribution in [0.5, 0.6) is 0 Å². The van der Waals surface area contributed by atoms with Crippen molar-refractivity contribution >= 4 is 20.1 Å². The molecule has 0 bridgehead atoms. The fourth-order valence-electron chi connectivity index (χ4n) is 2.22. The molecule has 0 radical (unpaired) electrons. The molecule has 3 nitrogen and oxygen atoms in total. The van der Waals surface area contributed by atoms with Crippen molar-refractivity contribution in [3.63, 3.8) is 0 Å². The van der Waals surface area contributed by atoms with Crippen LogP contribution in [0.1, 0.15) is 66.2 Å². The molecule has 0 aliphatic carbocycles. The first-order valence-electron chi connectivity index (χ1n) is 7.71. The van der Waals surface area contributed by atoms with Gasteiger partial charge in [0.15, 0.2) is 0 Å². The highest BCUT2D eigenvalue weighted by atomic mass is 28.4. The fourth-order valence-corrected chi connectivity index (χ4v) is 6.11. The summed E-state index contributed by atoms with van der Waals surface area (Å²) in [7, 11) is -1.91. The first-order valence-corrected chi connectivity index (χ1v) is 10.2. The zero-order valence-corrected chi connectivity index (χ0v) is 14.1. The van der Waals surface area contributed by atoms with Crippen molar-refractivity contribution in [3.8, 4) is 0 Å². The number of carbonyl (C=O) groups is 2. The summed E-state index contributed by atoms with van der Waals surface area (Å²) < 4.78 is 5.89. The average Bonchev–Trinajstić information content (AvgIpc) is 2.39. The van der Waals surface area contributed by atoms with Gasteiger partial charge >= 0.3 is 0 Å². The van der Waals surface area contributed by atoms with Gasteiger partial charge in [0.25, 0.3) is 14.3 Å². The van der Waals surface area contributed by atoms with E-state index in [-0.39, 0.29) is 18.2 Å². The van der Waals surface area contributed by atoms with Crippen LogP contribution in [0, 0.1) is 0 Å². The third kappa shape index (κ3) is 8.19. The second-order valence-electron chi connectivity index (χ2n) is 5.42. The van der Waals surface area contributed by atoms with E-state index in [2.05, 4.69) is 20.8 Å². The van der Waals surface area contributed by atoms with Crippen molar-refractivity contribution < 1.29 is 14.0 Å². The molecule has 0 N–H and O–H groups in total. The molecule has 0 saturated heterocycles. The van der Waals surface area contributed by atoms with E-state index in [4.69, 9.17) is 4.43 Å². The first kappa shape index (κ1) is 18.4. The van der Waals surface area contributed by atoms with E-state index in [1.54, 1.807) is 0 Å². The standard InChI is InChI=1S/C15H30O3Si/c1-5-8-12-19(7-3,13-9-6-2)18-15(17)11-10-14(4)16/h5-13H2,1-4H3. The van der Waals surface area contributed by atoms with E-state index < -0.39 is 8.32 Å². The first-order chi connectivity index (χ1) is 8.99. The minimum Gasteiger partial charge on any atom is -0.519 e. The maximum absolute atomic E-state index is 11.9. The summed E-state index contributed by atoms with van der Waals surface area (Å²) in [4.78, 5) is 22.8. The molecule has 112 valence electrons. The van der Waals surface area contributed by atoms with Crippen molar-refractivity contribution in [1.82, 2.24) is 0 Å². The van der Waals surface area contributed by atoms with Gasteiger partial charge in [0.2, 0.25) is 0 Å². The molecule has 0 atom stereocenters. The van der Waals surface area contributed by atoms with E-state index in [1.807, 2.05) is 0 Å². The number of Topliss-reactive ketones (excluding diaryl/α,β-unsaturated/α-hetero) is 1. The highest BCUT2D eigenvalue weighted by Gasteiger charge is 2.35. The summed E-state index contributed by atoms with van der Waals surface area (Å²) in [5.41, 5.74) is 0. The molecule has 0 rings (SSSR count). The maximum Gasteiger partial charge on any atom is 0.292 e. The number of hydrogen-bond donors (Lipinski definition) is 0. The minimum atomic E-state index is -1.91. The molecule has 0 spiro atoms. The van der Waals surface area contributed by atoms with Crippen LogP contribution in [0.3, 0.4) is 0 Å². The Morgan fingerprint density at radius 1 is 0.947 bits per heavy atom. The lowest BCUT2D eigenvalue weighted by Gasteiger charge is -2.30. The smallest absolute Gasteiger partial charge is 0.292 e. The lowest BCUT2D eigenvalue weighted by molar-refractivity contribution is -0.136. The molecule has 0 amide bonds. The second kappa shape index (κ2) is 10.2. The number of ketones is 1. The Labute approximate surface area is 119 Å². The molecule has 4 heteroatoms. The second-order valence-corrected chi connectivity index (χ2v) is 9.70. The van der Waals surface area contributed by atoms with Gasteiger partial charge in [-0.05, 0) is 25.1 Å². The van der Waals surface area contributed by atoms with Crippen molar-refractivity contribution in [2.75, 3.05) is 0 Å². The van der Waals surface area contributed by atoms with E-state index >= 15 is 0 Å². The molecular weight excluding hydrogens is 256 g/mol. The summed E-state index contributed by atoms with van der Waals surface area (Å²) in [5.74, 6) is -0.0984. The van der Waals surface area contributed by atoms with Crippen LogP contribution in [-0.4, -0.2) is 20.1 Å². The molecule has 0 aromatic heterocycles. The van der Waals surface area contributed by atoms with E-state index in [0.29, 0.717) is 6.42 Å². The maximum atomic E-state index is 11.9. The molecule has 0 aliphatic heterocycles. The van der Waals surface area contributed by atoms with Crippen molar-refractivity contribution in [2.24, 2.45) is 0 Å². The Hall–Kier alpha value is -0.643. The molecule has 0 aromatic carbocycles. The molecular formula is C15H30O3Si. The van der Waals surface area contributed by atoms with Gasteiger partial charge in [-0.15, -0.1) is 0 Å². The third-order valence-electron chi connectivity index (χ3n) is 3.63. The highest BCUT2D eigenvalue weighted by Crippen LogP contribution is 2.27. The largest absolute Gasteiger partial charge is 0.519 e. The molecule has 0 fully saturated rings. The van der Waals surface area contributed by atoms with Gasteiger partial charge in [-0.3, -0.25) is 4.79 Å². The average molecular weight is 286 g/mol. The van der Waals surface area contributed by atoms with Gasteiger partial charge in [0.05, 0.1) is 6.42 Å². The Balaban J connectivity index is 4.51. The number of rotatable bonds is 11. The lowest BCUT2D eigenvalue weighted by atomic mass is 10.2. The monoisotopic (exact) mass is 286 g/mol. The quantitative estimate of drug-likeness (QED) is 0.526. The molecule has 0 aliphatic rings. The summed E-state index contributed by atoms with van der Waals surface area (Å²) in [6, 6.07) is 3.15. The number of unbranched alkanes of at least 4 members (excludes halogenated alkanes) is 2. The van der Waals surface area contributed by atoms with Gasteiger partial charge < -0.3 is 9.22 Å². The van der Waals surface area contributed by atoms with Crippen molar-refractivity contribution in [2.45, 2.75) is 84.4 Å². The van der Waals surface area contributed by atoms with Crippen LogP contribution in [0.15, 0.2) is 0 Å². The molecule has 0 aromatic rings. The van der Waals surface area contributed by atoms with Crippen LogP contribution in [-0.2, 0) is 14.0 Å². The number of carbonyl (C=O) groups excluding carboxylic acids is 2. The van der Waals surface area contributed by atoms with Crippen LogP contribution in [0.25, 0.3) is 0 Å². The summed E-state index contributed by atoms with van der Waals surface area (Å²) >= 11 is 0. The lowest BCUT2D eigenvalue weighted by Crippen LogP contribution is -2.39. The van der Waals surface area contributed by atoms with E-state index in [0.717, 1.165) is 43.8 Å². The Morgan fingerprint density at radius 2 is 1.47 bits per heavy atom. The molecule has 0 unspecified atom stereocenters. The molecule has 0 saturated carbocycles. The topological polar surface area (TPSA) is 43.4 Å². The van der Waals surface area contributed by atoms with Gasteiger partial charge in [-0.1, -0.05) is 46.5 Å². The molecule has 0 heterocycles. The SMILES string of the molecule is CCCC[Si](CC)(CCCC)OC(=O)CCC(C)=O. The predicted octanol–water partition coefficient (Wildman–Crippen LogP) is 4.46. The zero-order valence-electron chi connectivity index (χ0n) is 13.1. The van der Waals surface area contributed by atoms with Crippen molar-refractivity contribution in [3.05, 3.63) is 0 Å². The molecule has 19 heavy (non-hydrogen) atoms. The van der Waals surface area contributed by atoms with Crippen LogP contribution in [0.2, 0.25) is 18.1 Å². The van der Waals surface area contributed by atoms with Gasteiger partial charge in [-0.2, -0.15) is 0 Å². The fraction of sp³-hybridized carbons (Fsp3) is 0.867. The van der Waals surface area contributed by atoms with E-state index in [1.165, 1.54) is 6.92 Å². The minimum absolute atomic E-state index is 0.0582. The third-order valence-corrected chi connectivity index (χ3v) is 8.11. The Bertz CT molecular complexity index is 269. The summed E-state index contributed by atoms with van der Waals surface area (Å²) in [6.07, 6.45) is 5.14. The highest BCUT2D eigenvalue weighted by molar-refractivity contribution is 6.75. The Kier molecular flexibility index (Phi) is 9.84. The van der Waals surface area contributed by atoms with Crippen molar-refractivity contribution in [1.29, 1.82) is 0 Å². The summed E-state index contributed by atoms with van der Waals surface area (Å²) in [5, 5.41) is 0. The van der Waals surface area contributed by atoms with Gasteiger partial charge in [-0.25, -0.2) is 0 Å². The normalized spacial score (nSPS) is 11.4. The van der Waals surface area contributed by atoms with Crippen LogP contribution in [0.4, 0.5) is 0 Å². The van der Waals surface area contributed by atoms with Gasteiger partial charge in [0, 0.05) is 6.42 Å². The summed E-state index contributed by atoms with van der Waals surface area (Å²) in [6.45, 7) is 8.01.